The zero-order valence-electron chi connectivity index (χ0n) is 19.4. The van der Waals surface area contributed by atoms with Gasteiger partial charge in [0.1, 0.15) is 19.8 Å². The maximum atomic E-state index is 12.1. The molecule has 9 nitrogen and oxygen atoms in total. The summed E-state index contributed by atoms with van der Waals surface area (Å²) in [5, 5.41) is 0. The maximum Gasteiger partial charge on any atom is 0.472 e. The zero-order valence-corrected chi connectivity index (χ0v) is 20.3. The van der Waals surface area contributed by atoms with E-state index in [0.717, 1.165) is 25.7 Å². The molecule has 10 heteroatoms. The summed E-state index contributed by atoms with van der Waals surface area (Å²) in [7, 11) is 1.43. The van der Waals surface area contributed by atoms with Crippen LogP contribution in [0.2, 0.25) is 0 Å². The lowest BCUT2D eigenvalue weighted by Gasteiger charge is -2.24. The SMILES string of the molecule is [CH2-]CCCCCC(=O)OC[C@H](COP(=O)(O)OCC[N+](C)(C)C)OC(=O)CCCC[CH2-]. The Morgan fingerprint density at radius 1 is 0.903 bits per heavy atom. The third-order valence-electron chi connectivity index (χ3n) is 4.18. The Hall–Kier alpha value is -0.990. The number of carbonyl (C=O) groups excluding carboxylic acids is 2. The van der Waals surface area contributed by atoms with Gasteiger partial charge in [-0.3, -0.25) is 18.6 Å². The maximum absolute atomic E-state index is 12.1. The Morgan fingerprint density at radius 3 is 2.10 bits per heavy atom. The highest BCUT2D eigenvalue weighted by Crippen LogP contribution is 2.43. The fraction of sp³-hybridized carbons (Fsp3) is 0.810. The lowest BCUT2D eigenvalue weighted by Crippen LogP contribution is -2.37. The van der Waals surface area contributed by atoms with E-state index < -0.39 is 32.5 Å². The minimum atomic E-state index is -4.33. The van der Waals surface area contributed by atoms with Crippen molar-refractivity contribution in [3.8, 4) is 0 Å². The van der Waals surface area contributed by atoms with Gasteiger partial charge < -0.3 is 32.7 Å². The molecule has 0 rings (SSSR count). The van der Waals surface area contributed by atoms with Gasteiger partial charge in [0, 0.05) is 12.8 Å². The Kier molecular flexibility index (Phi) is 16.1. The van der Waals surface area contributed by atoms with Crippen LogP contribution in [0.4, 0.5) is 0 Å². The Bertz CT molecular complexity index is 550. The molecule has 1 N–H and O–H groups in total. The molecule has 184 valence electrons. The van der Waals surface area contributed by atoms with E-state index in [4.69, 9.17) is 18.5 Å². The van der Waals surface area contributed by atoms with Gasteiger partial charge in [-0.25, -0.2) is 4.57 Å². The highest BCUT2D eigenvalue weighted by atomic mass is 31.2. The number of quaternary nitrogens is 1. The Balaban J connectivity index is 4.62. The smallest absolute Gasteiger partial charge is 0.462 e. The topological polar surface area (TPSA) is 108 Å². The molecule has 0 saturated carbocycles. The van der Waals surface area contributed by atoms with Crippen molar-refractivity contribution < 1.29 is 42.1 Å². The second-order valence-electron chi connectivity index (χ2n) is 8.38. The summed E-state index contributed by atoms with van der Waals surface area (Å²) in [5.74, 6) is -0.916. The average Bonchev–Trinajstić information content (AvgIpc) is 2.66. The lowest BCUT2D eigenvalue weighted by molar-refractivity contribution is -0.870. The van der Waals surface area contributed by atoms with Crippen molar-refractivity contribution in [2.75, 3.05) is 47.5 Å². The van der Waals surface area contributed by atoms with Crippen LogP contribution in [0.25, 0.3) is 0 Å². The van der Waals surface area contributed by atoms with Gasteiger partial charge in [0.15, 0.2) is 6.10 Å². The molecule has 0 saturated heterocycles. The minimum Gasteiger partial charge on any atom is -0.462 e. The number of ether oxygens (including phenoxy) is 2. The van der Waals surface area contributed by atoms with Crippen molar-refractivity contribution >= 4 is 19.8 Å². The number of phosphoric ester groups is 1. The van der Waals surface area contributed by atoms with Crippen molar-refractivity contribution in [1.82, 2.24) is 0 Å². The number of carbonyl (C=O) groups is 2. The number of esters is 2. The van der Waals surface area contributed by atoms with Crippen LogP contribution >= 0.6 is 7.82 Å². The standard InChI is InChI=1S/C21H41NO8P/c1-6-8-10-12-13-20(23)27-17-19(30-21(24)14-11-9-7-2)18-29-31(25,26)28-16-15-22(3,4)5/h19H,1-2,6-18H2,3-5H3,(H,25,26)/q-1/t19-/m1/s1. The highest BCUT2D eigenvalue weighted by molar-refractivity contribution is 7.47. The molecular weight excluding hydrogens is 425 g/mol. The molecule has 1 unspecified atom stereocenters. The van der Waals surface area contributed by atoms with Crippen LogP contribution in [-0.4, -0.2) is 74.9 Å². The van der Waals surface area contributed by atoms with Gasteiger partial charge in [-0.2, -0.15) is 12.8 Å². The summed E-state index contributed by atoms with van der Waals surface area (Å²) in [6.45, 7) is 7.32. The molecule has 31 heavy (non-hydrogen) atoms. The largest absolute Gasteiger partial charge is 0.472 e. The third-order valence-corrected chi connectivity index (χ3v) is 5.16. The summed E-state index contributed by atoms with van der Waals surface area (Å²) in [6, 6.07) is 0. The lowest BCUT2D eigenvalue weighted by atomic mass is 10.2. The first kappa shape index (κ1) is 30.0. The number of unbranched alkanes of at least 4 members (excludes halogenated alkanes) is 5. The Morgan fingerprint density at radius 2 is 1.48 bits per heavy atom. The fourth-order valence-corrected chi connectivity index (χ4v) is 3.07. The molecule has 0 fully saturated rings. The van der Waals surface area contributed by atoms with Crippen molar-refractivity contribution in [2.45, 2.75) is 63.9 Å². The van der Waals surface area contributed by atoms with E-state index in [0.29, 0.717) is 30.3 Å². The van der Waals surface area contributed by atoms with Crippen molar-refractivity contribution in [3.05, 3.63) is 13.8 Å². The predicted octanol–water partition coefficient (Wildman–Crippen LogP) is 3.46. The normalized spacial score (nSPS) is 14.6. The number of hydrogen-bond acceptors (Lipinski definition) is 7. The molecule has 0 spiro atoms. The molecule has 0 amide bonds. The quantitative estimate of drug-likeness (QED) is 0.101. The van der Waals surface area contributed by atoms with E-state index >= 15 is 0 Å². The molecule has 0 aromatic heterocycles. The third kappa shape index (κ3) is 19.4. The van der Waals surface area contributed by atoms with Crippen LogP contribution in [0.15, 0.2) is 0 Å². The van der Waals surface area contributed by atoms with Crippen molar-refractivity contribution in [3.63, 3.8) is 0 Å². The molecule has 0 aromatic rings. The summed E-state index contributed by atoms with van der Waals surface area (Å²) in [4.78, 5) is 33.8. The van der Waals surface area contributed by atoms with Gasteiger partial charge in [0.25, 0.3) is 0 Å². The number of nitrogens with zero attached hydrogens (tertiary/aromatic N) is 1. The number of phosphoric acid groups is 1. The van der Waals surface area contributed by atoms with Gasteiger partial charge in [-0.05, 0) is 12.8 Å². The molecule has 0 radical (unpaired) electrons. The first-order valence-electron chi connectivity index (χ1n) is 10.8. The van der Waals surface area contributed by atoms with E-state index in [-0.39, 0.29) is 26.1 Å². The van der Waals surface area contributed by atoms with Crippen LogP contribution in [0.3, 0.4) is 0 Å². The fourth-order valence-electron chi connectivity index (χ4n) is 2.33. The first-order chi connectivity index (χ1) is 14.5. The van der Waals surface area contributed by atoms with Gasteiger partial charge in [-0.15, -0.1) is 0 Å². The van der Waals surface area contributed by atoms with Crippen LogP contribution in [0, 0.1) is 13.8 Å². The molecule has 0 aliphatic carbocycles. The van der Waals surface area contributed by atoms with Crippen LogP contribution in [0.1, 0.15) is 57.8 Å². The molecule has 0 aliphatic heterocycles. The van der Waals surface area contributed by atoms with E-state index in [1.165, 1.54) is 0 Å². The first-order valence-corrected chi connectivity index (χ1v) is 12.3. The van der Waals surface area contributed by atoms with Gasteiger partial charge in [-0.1, -0.05) is 19.3 Å². The van der Waals surface area contributed by atoms with Crippen LogP contribution in [0.5, 0.6) is 0 Å². The van der Waals surface area contributed by atoms with Crippen molar-refractivity contribution in [2.24, 2.45) is 0 Å². The molecule has 0 bridgehead atoms. The van der Waals surface area contributed by atoms with Gasteiger partial charge >= 0.3 is 19.8 Å². The van der Waals surface area contributed by atoms with Crippen LogP contribution in [-0.2, 0) is 32.7 Å². The number of likely N-dealkylation sites (N-methyl/N-ethyl adjacent to an activating group) is 1. The van der Waals surface area contributed by atoms with E-state index in [9.17, 15) is 19.0 Å². The predicted molar refractivity (Wildman–Crippen MR) is 118 cm³/mol. The highest BCUT2D eigenvalue weighted by Gasteiger charge is 2.26. The van der Waals surface area contributed by atoms with E-state index in [1.807, 2.05) is 21.1 Å². The molecule has 2 atom stereocenters. The number of hydrogen-bond donors (Lipinski definition) is 1. The van der Waals surface area contributed by atoms with Crippen LogP contribution < -0.4 is 0 Å². The molecular formula is C21H41NO8P-. The minimum absolute atomic E-state index is 0.0229. The summed E-state index contributed by atoms with van der Waals surface area (Å²) in [6.07, 6.45) is 4.86. The Labute approximate surface area is 187 Å². The monoisotopic (exact) mass is 466 g/mol. The zero-order chi connectivity index (χ0) is 23.8. The van der Waals surface area contributed by atoms with E-state index in [1.54, 1.807) is 0 Å². The van der Waals surface area contributed by atoms with Crippen molar-refractivity contribution in [1.29, 1.82) is 0 Å². The average molecular weight is 467 g/mol. The second kappa shape index (κ2) is 16.6. The van der Waals surface area contributed by atoms with E-state index in [2.05, 4.69) is 13.8 Å². The van der Waals surface area contributed by atoms with Gasteiger partial charge in [0.05, 0.1) is 27.7 Å². The number of rotatable bonds is 19. The second-order valence-corrected chi connectivity index (χ2v) is 9.83. The molecule has 0 heterocycles. The summed E-state index contributed by atoms with van der Waals surface area (Å²) < 4.78 is 33.0. The summed E-state index contributed by atoms with van der Waals surface area (Å²) in [5.41, 5.74) is 0. The molecule has 0 aromatic carbocycles. The molecule has 0 aliphatic rings. The summed E-state index contributed by atoms with van der Waals surface area (Å²) >= 11 is 0. The van der Waals surface area contributed by atoms with Gasteiger partial charge in [0.2, 0.25) is 0 Å².